The van der Waals surface area contributed by atoms with Gasteiger partial charge in [-0.25, -0.2) is 9.97 Å². The van der Waals surface area contributed by atoms with Crippen LogP contribution >= 0.6 is 0 Å². The van der Waals surface area contributed by atoms with Crippen molar-refractivity contribution in [2.45, 2.75) is 39.7 Å². The maximum atomic E-state index is 13.0. The summed E-state index contributed by atoms with van der Waals surface area (Å²) in [6, 6.07) is 9.70. The Kier molecular flexibility index (Phi) is 4.71. The van der Waals surface area contributed by atoms with Crippen molar-refractivity contribution in [1.82, 2.24) is 25.1 Å². The van der Waals surface area contributed by atoms with Crippen molar-refractivity contribution >= 4 is 5.91 Å². The van der Waals surface area contributed by atoms with Gasteiger partial charge in [-0.3, -0.25) is 9.89 Å². The predicted octanol–water partition coefficient (Wildman–Crippen LogP) is 3.33. The van der Waals surface area contributed by atoms with Gasteiger partial charge in [0, 0.05) is 54.0 Å². The van der Waals surface area contributed by atoms with Crippen molar-refractivity contribution < 1.29 is 4.79 Å². The molecule has 3 aromatic rings. The average molecular weight is 361 g/mol. The third-order valence-corrected chi connectivity index (χ3v) is 4.87. The summed E-state index contributed by atoms with van der Waals surface area (Å²) >= 11 is 0. The summed E-state index contributed by atoms with van der Waals surface area (Å²) in [7, 11) is 0. The molecule has 1 aromatic carbocycles. The number of aromatic nitrogens is 4. The monoisotopic (exact) mass is 361 g/mol. The molecule has 1 aliphatic heterocycles. The highest BCUT2D eigenvalue weighted by Gasteiger charge is 2.23. The Morgan fingerprint density at radius 3 is 3.00 bits per heavy atom. The number of aryl methyl sites for hydroxylation is 2. The quantitative estimate of drug-likeness (QED) is 0.773. The molecular formula is C21H23N5O. The van der Waals surface area contributed by atoms with Gasteiger partial charge in [0.2, 0.25) is 0 Å². The minimum absolute atomic E-state index is 0.0447. The Bertz CT molecular complexity index is 978. The lowest BCUT2D eigenvalue weighted by atomic mass is 10.0. The van der Waals surface area contributed by atoms with E-state index in [0.717, 1.165) is 53.3 Å². The molecule has 1 amide bonds. The highest BCUT2D eigenvalue weighted by Crippen LogP contribution is 2.23. The van der Waals surface area contributed by atoms with Crippen molar-refractivity contribution in [2.24, 2.45) is 0 Å². The third kappa shape index (κ3) is 3.60. The topological polar surface area (TPSA) is 74.8 Å². The van der Waals surface area contributed by atoms with E-state index in [-0.39, 0.29) is 5.91 Å². The van der Waals surface area contributed by atoms with Crippen LogP contribution in [0.1, 0.15) is 46.5 Å². The molecule has 6 nitrogen and oxygen atoms in total. The summed E-state index contributed by atoms with van der Waals surface area (Å²) in [5.41, 5.74) is 5.69. The predicted molar refractivity (Wildman–Crippen MR) is 103 cm³/mol. The zero-order valence-corrected chi connectivity index (χ0v) is 15.7. The molecule has 0 spiro atoms. The van der Waals surface area contributed by atoms with Gasteiger partial charge >= 0.3 is 0 Å². The molecule has 0 atom stereocenters. The summed E-state index contributed by atoms with van der Waals surface area (Å²) in [5, 5.41) is 7.08. The second-order valence-corrected chi connectivity index (χ2v) is 6.99. The highest BCUT2D eigenvalue weighted by molar-refractivity contribution is 5.95. The molecule has 0 fully saturated rings. The molecule has 2 aromatic heterocycles. The van der Waals surface area contributed by atoms with Gasteiger partial charge < -0.3 is 4.90 Å². The number of fused-ring (bicyclic) bond motifs is 1. The molecule has 0 saturated carbocycles. The van der Waals surface area contributed by atoms with Crippen molar-refractivity contribution in [2.75, 3.05) is 6.54 Å². The van der Waals surface area contributed by atoms with Gasteiger partial charge in [0.25, 0.3) is 5.91 Å². The second kappa shape index (κ2) is 7.31. The molecular weight excluding hydrogens is 338 g/mol. The largest absolute Gasteiger partial charge is 0.334 e. The standard InChI is InChI=1S/C21H23N5O/c1-3-5-20-23-14(2)10-19(24-20)15-6-4-7-16(11-15)21(27)26-9-8-18-17(13-26)12-22-25-18/h4,6-7,10-12H,3,5,8-9,13H2,1-2H3,(H,22,25). The van der Waals surface area contributed by atoms with Gasteiger partial charge in [0.05, 0.1) is 11.9 Å². The number of nitrogens with one attached hydrogen (secondary N) is 1. The van der Waals surface area contributed by atoms with Crippen LogP contribution in [0.4, 0.5) is 0 Å². The maximum absolute atomic E-state index is 13.0. The van der Waals surface area contributed by atoms with Crippen LogP contribution in [0.2, 0.25) is 0 Å². The van der Waals surface area contributed by atoms with Crippen molar-refractivity contribution in [3.63, 3.8) is 0 Å². The minimum atomic E-state index is 0.0447. The number of rotatable bonds is 4. The summed E-state index contributed by atoms with van der Waals surface area (Å²) in [6.07, 6.45) is 4.48. The smallest absolute Gasteiger partial charge is 0.254 e. The SMILES string of the molecule is CCCc1nc(C)cc(-c2cccc(C(=O)N3CCc4[nH]ncc4C3)c2)n1. The molecule has 0 aliphatic carbocycles. The number of carbonyl (C=O) groups is 1. The molecule has 3 heterocycles. The molecule has 6 heteroatoms. The van der Waals surface area contributed by atoms with Crippen LogP contribution in [0.5, 0.6) is 0 Å². The van der Waals surface area contributed by atoms with Crippen molar-refractivity contribution in [3.05, 3.63) is 64.9 Å². The van der Waals surface area contributed by atoms with Crippen molar-refractivity contribution in [1.29, 1.82) is 0 Å². The molecule has 27 heavy (non-hydrogen) atoms. The van der Waals surface area contributed by atoms with Crippen molar-refractivity contribution in [3.8, 4) is 11.3 Å². The zero-order valence-electron chi connectivity index (χ0n) is 15.7. The molecule has 4 rings (SSSR count). The Hall–Kier alpha value is -3.02. The van der Waals surface area contributed by atoms with E-state index < -0.39 is 0 Å². The summed E-state index contributed by atoms with van der Waals surface area (Å²) < 4.78 is 0. The molecule has 0 radical (unpaired) electrons. The van der Waals surface area contributed by atoms with Crippen LogP contribution in [-0.4, -0.2) is 37.5 Å². The van der Waals surface area contributed by atoms with E-state index in [9.17, 15) is 4.79 Å². The van der Waals surface area contributed by atoms with E-state index >= 15 is 0 Å². The summed E-state index contributed by atoms with van der Waals surface area (Å²) in [5.74, 6) is 0.899. The van der Waals surface area contributed by atoms with Gasteiger partial charge in [-0.1, -0.05) is 19.1 Å². The van der Waals surface area contributed by atoms with E-state index in [0.29, 0.717) is 18.7 Å². The normalized spacial score (nSPS) is 13.5. The van der Waals surface area contributed by atoms with Gasteiger partial charge in [-0.15, -0.1) is 0 Å². The van der Waals surface area contributed by atoms with Crippen LogP contribution in [0, 0.1) is 6.92 Å². The first-order valence-corrected chi connectivity index (χ1v) is 9.39. The van der Waals surface area contributed by atoms with E-state index in [1.807, 2.05) is 48.4 Å². The number of benzene rings is 1. The van der Waals surface area contributed by atoms with Gasteiger partial charge in [-0.05, 0) is 31.5 Å². The molecule has 1 N–H and O–H groups in total. The van der Waals surface area contributed by atoms with Gasteiger partial charge in [-0.2, -0.15) is 5.10 Å². The first kappa shape index (κ1) is 17.4. The van der Waals surface area contributed by atoms with E-state index in [1.165, 1.54) is 0 Å². The fourth-order valence-corrected chi connectivity index (χ4v) is 3.50. The molecule has 0 bridgehead atoms. The fourth-order valence-electron chi connectivity index (χ4n) is 3.50. The molecule has 138 valence electrons. The average Bonchev–Trinajstić information content (AvgIpc) is 3.15. The van der Waals surface area contributed by atoms with Crippen LogP contribution in [-0.2, 0) is 19.4 Å². The second-order valence-electron chi connectivity index (χ2n) is 6.99. The number of hydrogen-bond donors (Lipinski definition) is 1. The van der Waals surface area contributed by atoms with Crippen LogP contribution < -0.4 is 0 Å². The molecule has 0 saturated heterocycles. The van der Waals surface area contributed by atoms with E-state index in [4.69, 9.17) is 0 Å². The Labute approximate surface area is 158 Å². The molecule has 1 aliphatic rings. The van der Waals surface area contributed by atoms with Crippen LogP contribution in [0.3, 0.4) is 0 Å². The van der Waals surface area contributed by atoms with E-state index in [2.05, 4.69) is 27.1 Å². The Morgan fingerprint density at radius 2 is 2.15 bits per heavy atom. The number of carbonyl (C=O) groups excluding carboxylic acids is 1. The lowest BCUT2D eigenvalue weighted by Crippen LogP contribution is -2.35. The maximum Gasteiger partial charge on any atom is 0.254 e. The number of amides is 1. The lowest BCUT2D eigenvalue weighted by molar-refractivity contribution is 0.0734. The third-order valence-electron chi connectivity index (χ3n) is 4.87. The number of aromatic amines is 1. The lowest BCUT2D eigenvalue weighted by Gasteiger charge is -2.26. The van der Waals surface area contributed by atoms with Gasteiger partial charge in [0.15, 0.2) is 0 Å². The van der Waals surface area contributed by atoms with Gasteiger partial charge in [0.1, 0.15) is 5.82 Å². The summed E-state index contributed by atoms with van der Waals surface area (Å²) in [6.45, 7) is 5.40. The Morgan fingerprint density at radius 1 is 1.26 bits per heavy atom. The van der Waals surface area contributed by atoms with Crippen LogP contribution in [0.25, 0.3) is 11.3 Å². The number of hydrogen-bond acceptors (Lipinski definition) is 4. The van der Waals surface area contributed by atoms with E-state index in [1.54, 1.807) is 0 Å². The Balaban J connectivity index is 1.60. The van der Waals surface area contributed by atoms with Crippen LogP contribution in [0.15, 0.2) is 36.5 Å². The highest BCUT2D eigenvalue weighted by atomic mass is 16.2. The first-order valence-electron chi connectivity index (χ1n) is 9.39. The number of nitrogens with zero attached hydrogens (tertiary/aromatic N) is 4. The number of H-pyrrole nitrogens is 1. The summed E-state index contributed by atoms with van der Waals surface area (Å²) in [4.78, 5) is 24.1. The minimum Gasteiger partial charge on any atom is -0.334 e. The first-order chi connectivity index (χ1) is 13.1. The fraction of sp³-hybridized carbons (Fsp3) is 0.333. The zero-order chi connectivity index (χ0) is 18.8. The molecule has 0 unspecified atom stereocenters.